The summed E-state index contributed by atoms with van der Waals surface area (Å²) in [4.78, 5) is 32.7. The number of rotatable bonds is 10. The van der Waals surface area contributed by atoms with Crippen LogP contribution in [-0.4, -0.2) is 73.4 Å². The van der Waals surface area contributed by atoms with Gasteiger partial charge in [-0.05, 0) is 38.1 Å². The second kappa shape index (κ2) is 12.9. The van der Waals surface area contributed by atoms with Gasteiger partial charge >= 0.3 is 0 Å². The zero-order valence-corrected chi connectivity index (χ0v) is 23.4. The molecule has 0 radical (unpaired) electrons. The van der Waals surface area contributed by atoms with Gasteiger partial charge in [-0.25, -0.2) is 4.98 Å². The van der Waals surface area contributed by atoms with Crippen molar-refractivity contribution in [3.05, 3.63) is 71.2 Å². The average molecular weight is 561 g/mol. The van der Waals surface area contributed by atoms with E-state index in [1.165, 1.54) is 16.3 Å². The van der Waals surface area contributed by atoms with Gasteiger partial charge in [0.05, 0.1) is 42.5 Å². The lowest BCUT2D eigenvalue weighted by molar-refractivity contribution is -0.114. The van der Waals surface area contributed by atoms with Gasteiger partial charge in [-0.2, -0.15) is 10.1 Å². The van der Waals surface area contributed by atoms with Crippen LogP contribution in [0.5, 0.6) is 5.75 Å². The molecule has 2 amide bonds. The van der Waals surface area contributed by atoms with Gasteiger partial charge in [0.25, 0.3) is 11.8 Å². The van der Waals surface area contributed by atoms with Crippen molar-refractivity contribution in [1.82, 2.24) is 15.2 Å². The van der Waals surface area contributed by atoms with E-state index < -0.39 is 0 Å². The number of nitrogens with one attached hydrogen (secondary N) is 2. The van der Waals surface area contributed by atoms with E-state index in [0.717, 1.165) is 44.1 Å². The van der Waals surface area contributed by atoms with Crippen molar-refractivity contribution < 1.29 is 19.1 Å². The number of ether oxygens (including phenoxy) is 2. The molecule has 3 heterocycles. The molecule has 2 aliphatic rings. The third kappa shape index (κ3) is 6.39. The van der Waals surface area contributed by atoms with Crippen LogP contribution in [0.2, 0.25) is 0 Å². The Bertz CT molecular complexity index is 1410. The Kier molecular flexibility index (Phi) is 8.84. The van der Waals surface area contributed by atoms with Gasteiger partial charge in [-0.3, -0.25) is 14.5 Å². The number of carbonyl (C=O) groups excluding carboxylic acids is 2. The van der Waals surface area contributed by atoms with Gasteiger partial charge in [-0.15, -0.1) is 11.3 Å². The van der Waals surface area contributed by atoms with Crippen LogP contribution < -0.4 is 20.4 Å². The first kappa shape index (κ1) is 27.5. The third-order valence-corrected chi connectivity index (χ3v) is 7.37. The molecule has 0 unspecified atom stereocenters. The number of morpholine rings is 1. The van der Waals surface area contributed by atoms with Crippen molar-refractivity contribution >= 4 is 39.7 Å². The van der Waals surface area contributed by atoms with Crippen LogP contribution in [0.4, 0.5) is 10.8 Å². The van der Waals surface area contributed by atoms with Crippen molar-refractivity contribution in [3.63, 3.8) is 0 Å². The normalized spacial score (nSPS) is 16.8. The zero-order valence-electron chi connectivity index (χ0n) is 22.6. The number of hydrogen-bond acceptors (Lipinski definition) is 9. The monoisotopic (exact) mass is 560 g/mol. The molecule has 3 aromatic rings. The summed E-state index contributed by atoms with van der Waals surface area (Å²) >= 11 is 1.33. The molecule has 40 heavy (non-hydrogen) atoms. The van der Waals surface area contributed by atoms with E-state index in [0.29, 0.717) is 46.6 Å². The fourth-order valence-electron chi connectivity index (χ4n) is 4.37. The lowest BCUT2D eigenvalue weighted by Gasteiger charge is -2.26. The molecule has 0 atom stereocenters. The predicted molar refractivity (Wildman–Crippen MR) is 157 cm³/mol. The molecule has 2 aromatic carbocycles. The summed E-state index contributed by atoms with van der Waals surface area (Å²) in [6.45, 7) is 8.92. The Labute approximate surface area is 237 Å². The maximum absolute atomic E-state index is 13.2. The van der Waals surface area contributed by atoms with Gasteiger partial charge in [0.15, 0.2) is 0 Å². The van der Waals surface area contributed by atoms with Crippen LogP contribution in [0.3, 0.4) is 0 Å². The van der Waals surface area contributed by atoms with Crippen LogP contribution >= 0.6 is 11.3 Å². The highest BCUT2D eigenvalue weighted by Crippen LogP contribution is 2.31. The molecule has 0 saturated carbocycles. The van der Waals surface area contributed by atoms with Crippen molar-refractivity contribution in [3.8, 4) is 17.0 Å². The molecule has 2 aliphatic heterocycles. The van der Waals surface area contributed by atoms with Crippen LogP contribution in [0.15, 0.2) is 70.8 Å². The summed E-state index contributed by atoms with van der Waals surface area (Å²) in [6, 6.07) is 14.9. The van der Waals surface area contributed by atoms with E-state index in [1.54, 1.807) is 25.3 Å². The molecular weight excluding hydrogens is 528 g/mol. The number of benzene rings is 2. The number of hydrogen-bond donors (Lipinski definition) is 2. The summed E-state index contributed by atoms with van der Waals surface area (Å²) in [5.41, 5.74) is 3.95. The van der Waals surface area contributed by atoms with Crippen LogP contribution in [0, 0.1) is 0 Å². The lowest BCUT2D eigenvalue weighted by atomic mass is 10.1. The highest BCUT2D eigenvalue weighted by Gasteiger charge is 2.31. The quantitative estimate of drug-likeness (QED) is 0.361. The van der Waals surface area contributed by atoms with Gasteiger partial charge in [-0.1, -0.05) is 24.3 Å². The van der Waals surface area contributed by atoms with Gasteiger partial charge in [0.2, 0.25) is 5.13 Å². The summed E-state index contributed by atoms with van der Waals surface area (Å²) in [7, 11) is 0. The highest BCUT2D eigenvalue weighted by molar-refractivity contribution is 7.14. The summed E-state index contributed by atoms with van der Waals surface area (Å²) in [6.07, 6.45) is 1.65. The van der Waals surface area contributed by atoms with Crippen molar-refractivity contribution in [1.29, 1.82) is 0 Å². The largest absolute Gasteiger partial charge is 0.492 e. The Morgan fingerprint density at radius 2 is 1.93 bits per heavy atom. The van der Waals surface area contributed by atoms with E-state index >= 15 is 0 Å². The molecule has 1 fully saturated rings. The average Bonchev–Trinajstić information content (AvgIpc) is 3.58. The summed E-state index contributed by atoms with van der Waals surface area (Å²) in [5.74, 6) is 0.340. The molecule has 0 aliphatic carbocycles. The number of carbonyl (C=O) groups is 2. The van der Waals surface area contributed by atoms with E-state index in [4.69, 9.17) is 9.47 Å². The Hall–Kier alpha value is -4.06. The first-order valence-corrected chi connectivity index (χ1v) is 14.1. The van der Waals surface area contributed by atoms with E-state index in [-0.39, 0.29) is 11.8 Å². The van der Waals surface area contributed by atoms with E-state index in [9.17, 15) is 9.59 Å². The Balaban J connectivity index is 1.20. The van der Waals surface area contributed by atoms with Crippen LogP contribution in [-0.2, 0) is 9.53 Å². The number of aromatic nitrogens is 1. The number of hydrazone groups is 1. The van der Waals surface area contributed by atoms with Crippen molar-refractivity contribution in [2.75, 3.05) is 56.3 Å². The SMILES string of the molecule is CCOc1ccccc1N/C=C1/C(=O)N(c2nc(-c3ccc(C(=O)NCCN4CCOCC4)cc3)cs2)N=C1C. The Morgan fingerprint density at radius 3 is 2.70 bits per heavy atom. The molecule has 0 bridgehead atoms. The maximum Gasteiger partial charge on any atom is 0.284 e. The van der Waals surface area contributed by atoms with Crippen molar-refractivity contribution in [2.45, 2.75) is 13.8 Å². The van der Waals surface area contributed by atoms with Crippen molar-refractivity contribution in [2.24, 2.45) is 5.10 Å². The van der Waals surface area contributed by atoms with Gasteiger partial charge in [0, 0.05) is 48.9 Å². The summed E-state index contributed by atoms with van der Waals surface area (Å²) < 4.78 is 11.0. The smallest absolute Gasteiger partial charge is 0.284 e. The molecule has 1 saturated heterocycles. The Morgan fingerprint density at radius 1 is 1.15 bits per heavy atom. The first-order valence-electron chi connectivity index (χ1n) is 13.3. The minimum absolute atomic E-state index is 0.108. The lowest BCUT2D eigenvalue weighted by Crippen LogP contribution is -2.41. The predicted octanol–water partition coefficient (Wildman–Crippen LogP) is 3.99. The van der Waals surface area contributed by atoms with E-state index in [1.807, 2.05) is 48.7 Å². The molecule has 11 heteroatoms. The summed E-state index contributed by atoms with van der Waals surface area (Å²) in [5, 5.41) is 14.3. The first-order chi connectivity index (χ1) is 19.5. The standard InChI is InChI=1S/C29H32N6O4S/c1-3-39-26-7-5-4-6-24(26)31-18-23-20(2)33-35(28(23)37)29-32-25(19-40-29)21-8-10-22(11-9-21)27(36)30-12-13-34-14-16-38-17-15-34/h4-11,18-19,31H,3,12-17H2,1-2H3,(H,30,36)/b23-18+. The number of para-hydroxylation sites is 2. The minimum Gasteiger partial charge on any atom is -0.492 e. The molecule has 10 nitrogen and oxygen atoms in total. The molecule has 0 spiro atoms. The number of nitrogens with zero attached hydrogens (tertiary/aromatic N) is 4. The van der Waals surface area contributed by atoms with Gasteiger partial charge in [0.1, 0.15) is 5.75 Å². The topological polar surface area (TPSA) is 108 Å². The molecule has 5 rings (SSSR count). The highest BCUT2D eigenvalue weighted by atomic mass is 32.1. The third-order valence-electron chi connectivity index (χ3n) is 6.55. The second-order valence-electron chi connectivity index (χ2n) is 9.24. The fraction of sp³-hybridized carbons (Fsp3) is 0.310. The molecular formula is C29H32N6O4S. The van der Waals surface area contributed by atoms with E-state index in [2.05, 4.69) is 25.6 Å². The zero-order chi connectivity index (χ0) is 27.9. The molecule has 2 N–H and O–H groups in total. The van der Waals surface area contributed by atoms with Gasteiger partial charge < -0.3 is 20.1 Å². The van der Waals surface area contributed by atoms with Crippen LogP contribution in [0.25, 0.3) is 11.3 Å². The second-order valence-corrected chi connectivity index (χ2v) is 10.1. The molecule has 208 valence electrons. The maximum atomic E-state index is 13.2. The number of anilines is 2. The number of thiazole rings is 1. The fourth-order valence-corrected chi connectivity index (χ4v) is 5.15. The number of amides is 2. The van der Waals surface area contributed by atoms with Crippen LogP contribution in [0.1, 0.15) is 24.2 Å². The molecule has 1 aromatic heterocycles. The minimum atomic E-state index is -0.260.